The number of amides is 1. The molecule has 0 fully saturated rings. The van der Waals surface area contributed by atoms with Crippen molar-refractivity contribution in [2.45, 2.75) is 19.9 Å². The van der Waals surface area contributed by atoms with Crippen molar-refractivity contribution in [2.75, 3.05) is 6.54 Å². The van der Waals surface area contributed by atoms with Crippen LogP contribution in [0.3, 0.4) is 0 Å². The van der Waals surface area contributed by atoms with Crippen molar-refractivity contribution in [2.24, 2.45) is 0 Å². The predicted molar refractivity (Wildman–Crippen MR) is 114 cm³/mol. The summed E-state index contributed by atoms with van der Waals surface area (Å²) in [4.78, 5) is 14.1. The number of thiophene rings is 1. The van der Waals surface area contributed by atoms with Crippen LogP contribution in [0, 0.1) is 12.7 Å². The number of rotatable bonds is 6. The van der Waals surface area contributed by atoms with E-state index in [2.05, 4.69) is 10.4 Å². The average Bonchev–Trinajstić information content (AvgIpc) is 3.28. The molecule has 0 unspecified atom stereocenters. The van der Waals surface area contributed by atoms with Gasteiger partial charge in [0.25, 0.3) is 5.91 Å². The second-order valence-electron chi connectivity index (χ2n) is 7.03. The standard InChI is InChI=1S/C22H20FN3O3S/c1-13-17-11-20(21(29)24-9-8-14-4-7-18(27)19(28)10-14)30-22(17)26(25-13)12-15-2-5-16(23)6-3-15/h2-7,10-11,27-28H,8-9,12H2,1H3,(H,24,29). The van der Waals surface area contributed by atoms with Gasteiger partial charge < -0.3 is 15.5 Å². The van der Waals surface area contributed by atoms with E-state index in [1.54, 1.807) is 18.2 Å². The smallest absolute Gasteiger partial charge is 0.261 e. The first-order chi connectivity index (χ1) is 14.4. The third-order valence-corrected chi connectivity index (χ3v) is 5.96. The fourth-order valence-corrected chi connectivity index (χ4v) is 4.30. The highest BCUT2D eigenvalue weighted by molar-refractivity contribution is 7.20. The Morgan fingerprint density at radius 3 is 2.57 bits per heavy atom. The number of phenols is 2. The number of benzene rings is 2. The number of aromatic hydroxyl groups is 2. The van der Waals surface area contributed by atoms with Gasteiger partial charge in [0.05, 0.1) is 17.1 Å². The summed E-state index contributed by atoms with van der Waals surface area (Å²) >= 11 is 1.37. The molecule has 30 heavy (non-hydrogen) atoms. The van der Waals surface area contributed by atoms with E-state index in [9.17, 15) is 19.4 Å². The lowest BCUT2D eigenvalue weighted by molar-refractivity contribution is 0.0958. The maximum atomic E-state index is 13.1. The molecule has 0 aliphatic rings. The van der Waals surface area contributed by atoms with Crippen LogP contribution in [0.25, 0.3) is 10.2 Å². The fourth-order valence-electron chi connectivity index (χ4n) is 3.23. The molecule has 154 valence electrons. The summed E-state index contributed by atoms with van der Waals surface area (Å²) in [5.74, 6) is -0.798. The lowest BCUT2D eigenvalue weighted by Gasteiger charge is -2.05. The highest BCUT2D eigenvalue weighted by atomic mass is 32.1. The molecule has 0 radical (unpaired) electrons. The maximum absolute atomic E-state index is 13.1. The van der Waals surface area contributed by atoms with Gasteiger partial charge in [-0.05, 0) is 54.8 Å². The Kier molecular flexibility index (Phi) is 5.41. The molecule has 2 aromatic heterocycles. The number of fused-ring (bicyclic) bond motifs is 1. The van der Waals surface area contributed by atoms with Crippen molar-refractivity contribution in [3.05, 3.63) is 76.0 Å². The van der Waals surface area contributed by atoms with Gasteiger partial charge in [0.2, 0.25) is 0 Å². The van der Waals surface area contributed by atoms with Crippen LogP contribution in [0.5, 0.6) is 11.5 Å². The summed E-state index contributed by atoms with van der Waals surface area (Å²) in [5, 5.41) is 27.3. The number of aryl methyl sites for hydroxylation is 1. The molecule has 0 atom stereocenters. The van der Waals surface area contributed by atoms with Gasteiger partial charge in [-0.1, -0.05) is 18.2 Å². The summed E-state index contributed by atoms with van der Waals surface area (Å²) in [6.45, 7) is 2.80. The van der Waals surface area contributed by atoms with E-state index in [-0.39, 0.29) is 23.2 Å². The Labute approximate surface area is 176 Å². The maximum Gasteiger partial charge on any atom is 0.261 e. The van der Waals surface area contributed by atoms with Crippen molar-refractivity contribution in [1.82, 2.24) is 15.1 Å². The van der Waals surface area contributed by atoms with Crippen LogP contribution in [-0.4, -0.2) is 32.4 Å². The highest BCUT2D eigenvalue weighted by Crippen LogP contribution is 2.29. The molecule has 0 aliphatic carbocycles. The third kappa shape index (κ3) is 4.13. The quantitative estimate of drug-likeness (QED) is 0.408. The van der Waals surface area contributed by atoms with Crippen LogP contribution in [0.2, 0.25) is 0 Å². The van der Waals surface area contributed by atoms with Crippen LogP contribution in [0.1, 0.15) is 26.5 Å². The topological polar surface area (TPSA) is 87.4 Å². The Morgan fingerprint density at radius 2 is 1.83 bits per heavy atom. The van der Waals surface area contributed by atoms with Crippen LogP contribution in [0.15, 0.2) is 48.5 Å². The minimum Gasteiger partial charge on any atom is -0.504 e. The summed E-state index contributed by atoms with van der Waals surface area (Å²) in [6.07, 6.45) is 0.530. The zero-order valence-electron chi connectivity index (χ0n) is 16.2. The van der Waals surface area contributed by atoms with E-state index in [1.807, 2.05) is 17.7 Å². The molecule has 1 amide bonds. The average molecular weight is 425 g/mol. The molecule has 6 nitrogen and oxygen atoms in total. The van der Waals surface area contributed by atoms with E-state index in [4.69, 9.17) is 0 Å². The Morgan fingerprint density at radius 1 is 1.10 bits per heavy atom. The molecule has 2 heterocycles. The molecule has 0 spiro atoms. The first kappa shape index (κ1) is 19.9. The number of carbonyl (C=O) groups excluding carboxylic acids is 1. The van der Waals surface area contributed by atoms with Crippen molar-refractivity contribution in [1.29, 1.82) is 0 Å². The highest BCUT2D eigenvalue weighted by Gasteiger charge is 2.16. The van der Waals surface area contributed by atoms with Crippen molar-refractivity contribution >= 4 is 27.5 Å². The van der Waals surface area contributed by atoms with Crippen molar-refractivity contribution in [3.8, 4) is 11.5 Å². The van der Waals surface area contributed by atoms with E-state index in [1.165, 1.54) is 35.6 Å². The Hall–Kier alpha value is -3.39. The van der Waals surface area contributed by atoms with E-state index < -0.39 is 0 Å². The summed E-state index contributed by atoms with van der Waals surface area (Å²) in [7, 11) is 0. The molecular formula is C22H20FN3O3S. The summed E-state index contributed by atoms with van der Waals surface area (Å²) in [5.41, 5.74) is 2.58. The van der Waals surface area contributed by atoms with Crippen molar-refractivity contribution < 1.29 is 19.4 Å². The Balaban J connectivity index is 1.45. The number of nitrogens with zero attached hydrogens (tertiary/aromatic N) is 2. The minimum absolute atomic E-state index is 0.168. The van der Waals surface area contributed by atoms with Gasteiger partial charge in [0.1, 0.15) is 10.6 Å². The Bertz CT molecular complexity index is 1210. The van der Waals surface area contributed by atoms with E-state index >= 15 is 0 Å². The molecule has 0 aliphatic heterocycles. The zero-order valence-corrected chi connectivity index (χ0v) is 17.0. The molecule has 0 saturated heterocycles. The number of aromatic nitrogens is 2. The first-order valence-corrected chi connectivity index (χ1v) is 10.2. The first-order valence-electron chi connectivity index (χ1n) is 9.41. The lowest BCUT2D eigenvalue weighted by atomic mass is 10.1. The number of hydrogen-bond donors (Lipinski definition) is 3. The van der Waals surface area contributed by atoms with E-state index in [0.29, 0.717) is 24.4 Å². The van der Waals surface area contributed by atoms with Gasteiger partial charge in [-0.3, -0.25) is 9.48 Å². The SMILES string of the molecule is Cc1nn(Cc2ccc(F)cc2)c2sc(C(=O)NCCc3ccc(O)c(O)c3)cc12. The predicted octanol–water partition coefficient (Wildman–Crippen LogP) is 3.98. The number of carbonyl (C=O) groups is 1. The summed E-state index contributed by atoms with van der Waals surface area (Å²) < 4.78 is 15.0. The second kappa shape index (κ2) is 8.16. The molecule has 3 N–H and O–H groups in total. The number of nitrogens with one attached hydrogen (secondary N) is 1. The van der Waals surface area contributed by atoms with Gasteiger partial charge in [0.15, 0.2) is 11.5 Å². The third-order valence-electron chi connectivity index (χ3n) is 4.82. The van der Waals surface area contributed by atoms with Gasteiger partial charge >= 0.3 is 0 Å². The molecule has 0 saturated carbocycles. The van der Waals surface area contributed by atoms with Crippen LogP contribution in [-0.2, 0) is 13.0 Å². The minimum atomic E-state index is -0.279. The molecule has 4 rings (SSSR count). The molecular weight excluding hydrogens is 405 g/mol. The monoisotopic (exact) mass is 425 g/mol. The fraction of sp³-hybridized carbons (Fsp3) is 0.182. The summed E-state index contributed by atoms with van der Waals surface area (Å²) in [6, 6.07) is 12.7. The molecule has 8 heteroatoms. The number of phenolic OH excluding ortho intramolecular Hbond substituents is 2. The van der Waals surface area contributed by atoms with Gasteiger partial charge in [-0.15, -0.1) is 11.3 Å². The normalized spacial score (nSPS) is 11.1. The van der Waals surface area contributed by atoms with Gasteiger partial charge in [-0.2, -0.15) is 5.10 Å². The van der Waals surface area contributed by atoms with Gasteiger partial charge in [0, 0.05) is 11.9 Å². The van der Waals surface area contributed by atoms with E-state index in [0.717, 1.165) is 27.0 Å². The molecule has 0 bridgehead atoms. The molecule has 2 aromatic carbocycles. The van der Waals surface area contributed by atoms with Crippen LogP contribution in [0.4, 0.5) is 4.39 Å². The number of hydrogen-bond acceptors (Lipinski definition) is 5. The zero-order chi connectivity index (χ0) is 21.3. The van der Waals surface area contributed by atoms with Crippen molar-refractivity contribution in [3.63, 3.8) is 0 Å². The number of halogens is 1. The van der Waals surface area contributed by atoms with Crippen LogP contribution >= 0.6 is 11.3 Å². The second-order valence-corrected chi connectivity index (χ2v) is 8.06. The largest absolute Gasteiger partial charge is 0.504 e. The van der Waals surface area contributed by atoms with Gasteiger partial charge in [-0.25, -0.2) is 4.39 Å². The van der Waals surface area contributed by atoms with Crippen LogP contribution < -0.4 is 5.32 Å². The molecule has 4 aromatic rings. The lowest BCUT2D eigenvalue weighted by Crippen LogP contribution is -2.24.